The van der Waals surface area contributed by atoms with E-state index in [0.717, 1.165) is 16.0 Å². The molecule has 1 amide bonds. The summed E-state index contributed by atoms with van der Waals surface area (Å²) in [5.41, 5.74) is 1.81. The summed E-state index contributed by atoms with van der Waals surface area (Å²) < 4.78 is 7.99. The molecule has 3 aromatic rings. The lowest BCUT2D eigenvalue weighted by molar-refractivity contribution is 0.0998. The number of fused-ring (bicyclic) bond motifs is 1. The highest BCUT2D eigenvalue weighted by molar-refractivity contribution is 7.16. The van der Waals surface area contributed by atoms with Crippen LogP contribution >= 0.6 is 11.3 Å². The van der Waals surface area contributed by atoms with Gasteiger partial charge < -0.3 is 9.30 Å². The number of hydrogen-bond donors (Lipinski definition) is 0. The Morgan fingerprint density at radius 3 is 2.72 bits per heavy atom. The maximum Gasteiger partial charge on any atom is 0.279 e. The van der Waals surface area contributed by atoms with Gasteiger partial charge >= 0.3 is 0 Å². The van der Waals surface area contributed by atoms with Gasteiger partial charge in [-0.25, -0.2) is 0 Å². The summed E-state index contributed by atoms with van der Waals surface area (Å²) >= 11 is 1.37. The third kappa shape index (κ3) is 3.30. The number of carbonyl (C=O) groups is 1. The monoisotopic (exact) mass is 347 g/mol. The maximum atomic E-state index is 12.4. The highest BCUT2D eigenvalue weighted by atomic mass is 32.1. The Hall–Kier alpha value is -3.35. The van der Waals surface area contributed by atoms with Crippen molar-refractivity contribution in [1.82, 2.24) is 4.57 Å². The fourth-order valence-corrected chi connectivity index (χ4v) is 3.40. The van der Waals surface area contributed by atoms with E-state index in [1.54, 1.807) is 31.4 Å². The predicted octanol–water partition coefficient (Wildman–Crippen LogP) is 2.96. The quantitative estimate of drug-likeness (QED) is 0.684. The molecule has 0 aliphatic rings. The summed E-state index contributed by atoms with van der Waals surface area (Å²) in [6.07, 6.45) is 5.46. The Bertz CT molecular complexity index is 1090. The van der Waals surface area contributed by atoms with Crippen molar-refractivity contribution in [3.05, 3.63) is 58.4 Å². The largest absolute Gasteiger partial charge is 0.497 e. The molecule has 1 aromatic heterocycles. The Balaban J connectivity index is 2.10. The molecule has 3 rings (SSSR count). The van der Waals surface area contributed by atoms with Crippen LogP contribution in [-0.4, -0.2) is 17.6 Å². The molecule has 0 N–H and O–H groups in total. The number of amides is 1. The number of rotatable bonds is 3. The molecule has 0 radical (unpaired) electrons. The van der Waals surface area contributed by atoms with E-state index in [0.29, 0.717) is 22.5 Å². The van der Waals surface area contributed by atoms with Crippen LogP contribution < -0.4 is 9.54 Å². The number of methoxy groups -OCH3 is 1. The molecule has 0 spiro atoms. The van der Waals surface area contributed by atoms with Crippen molar-refractivity contribution in [2.75, 3.05) is 7.11 Å². The number of thiazole rings is 1. The average molecular weight is 347 g/mol. The van der Waals surface area contributed by atoms with Crippen LogP contribution in [0.4, 0.5) is 0 Å². The number of nitriles is 1. The number of terminal acetylenes is 1. The van der Waals surface area contributed by atoms with E-state index in [1.165, 1.54) is 11.3 Å². The lowest BCUT2D eigenvalue weighted by Crippen LogP contribution is -2.16. The van der Waals surface area contributed by atoms with E-state index >= 15 is 0 Å². The first-order valence-corrected chi connectivity index (χ1v) is 8.18. The van der Waals surface area contributed by atoms with Crippen LogP contribution in [0.1, 0.15) is 15.9 Å². The van der Waals surface area contributed by atoms with E-state index < -0.39 is 0 Å². The summed E-state index contributed by atoms with van der Waals surface area (Å²) in [7, 11) is 1.60. The first kappa shape index (κ1) is 16.5. The van der Waals surface area contributed by atoms with E-state index in [1.807, 2.05) is 28.8 Å². The average Bonchev–Trinajstić information content (AvgIpc) is 2.98. The smallest absolute Gasteiger partial charge is 0.279 e. The lowest BCUT2D eigenvalue weighted by atomic mass is 10.1. The molecule has 122 valence electrons. The summed E-state index contributed by atoms with van der Waals surface area (Å²) in [5, 5.41) is 8.83. The van der Waals surface area contributed by atoms with Crippen LogP contribution in [0, 0.1) is 23.7 Å². The van der Waals surface area contributed by atoms with Gasteiger partial charge in [0.1, 0.15) is 5.75 Å². The first-order valence-electron chi connectivity index (χ1n) is 7.36. The third-order valence-electron chi connectivity index (χ3n) is 3.60. The van der Waals surface area contributed by atoms with Crippen LogP contribution in [0.25, 0.3) is 10.2 Å². The van der Waals surface area contributed by atoms with E-state index in [9.17, 15) is 4.79 Å². The second kappa shape index (κ2) is 7.04. The van der Waals surface area contributed by atoms with Gasteiger partial charge in [-0.15, -0.1) is 6.42 Å². The Morgan fingerprint density at radius 1 is 1.32 bits per heavy atom. The highest BCUT2D eigenvalue weighted by Gasteiger charge is 2.10. The van der Waals surface area contributed by atoms with Crippen molar-refractivity contribution in [2.24, 2.45) is 4.99 Å². The van der Waals surface area contributed by atoms with Gasteiger partial charge in [0.2, 0.25) is 0 Å². The number of ether oxygens (including phenoxy) is 1. The minimum absolute atomic E-state index is 0.311. The van der Waals surface area contributed by atoms with Crippen molar-refractivity contribution < 1.29 is 9.53 Å². The fraction of sp³-hybridized carbons (Fsp3) is 0.105. The summed E-state index contributed by atoms with van der Waals surface area (Å²) in [4.78, 5) is 17.2. The molecule has 0 saturated carbocycles. The Labute approximate surface area is 148 Å². The topological polar surface area (TPSA) is 67.4 Å². The molecule has 0 aliphatic carbocycles. The second-order valence-electron chi connectivity index (χ2n) is 5.11. The summed E-state index contributed by atoms with van der Waals surface area (Å²) in [6.45, 7) is 0.311. The van der Waals surface area contributed by atoms with Gasteiger partial charge in [-0.3, -0.25) is 4.79 Å². The van der Waals surface area contributed by atoms with E-state index in [-0.39, 0.29) is 5.91 Å². The summed E-state index contributed by atoms with van der Waals surface area (Å²) in [5.74, 6) is 2.94. The number of hydrogen-bond acceptors (Lipinski definition) is 4. The minimum atomic E-state index is -0.381. The van der Waals surface area contributed by atoms with Gasteiger partial charge in [0, 0.05) is 5.56 Å². The molecule has 6 heteroatoms. The van der Waals surface area contributed by atoms with Crippen molar-refractivity contribution in [1.29, 1.82) is 5.26 Å². The van der Waals surface area contributed by atoms with Crippen LogP contribution in [-0.2, 0) is 6.54 Å². The fourth-order valence-electron chi connectivity index (χ4n) is 2.35. The zero-order valence-electron chi connectivity index (χ0n) is 13.4. The molecule has 5 nitrogen and oxygen atoms in total. The molecule has 0 fully saturated rings. The lowest BCUT2D eigenvalue weighted by Gasteiger charge is -2.01. The third-order valence-corrected chi connectivity index (χ3v) is 4.64. The SMILES string of the molecule is C#CCn1c(=NC(=O)c2ccc(C#N)cc2)sc2cc(OC)ccc21. The first-order chi connectivity index (χ1) is 12.2. The molecule has 1 heterocycles. The molecular formula is C19H13N3O2S. The van der Waals surface area contributed by atoms with E-state index in [4.69, 9.17) is 16.4 Å². The van der Waals surface area contributed by atoms with Crippen molar-refractivity contribution in [3.63, 3.8) is 0 Å². The van der Waals surface area contributed by atoms with Crippen molar-refractivity contribution in [2.45, 2.75) is 6.54 Å². The summed E-state index contributed by atoms with van der Waals surface area (Å²) in [6, 6.07) is 14.0. The van der Waals surface area contributed by atoms with Gasteiger partial charge in [-0.05, 0) is 42.5 Å². The normalized spacial score (nSPS) is 11.1. The number of benzene rings is 2. The van der Waals surface area contributed by atoms with Crippen LogP contribution in [0.15, 0.2) is 47.5 Å². The van der Waals surface area contributed by atoms with Crippen LogP contribution in [0.3, 0.4) is 0 Å². The molecule has 25 heavy (non-hydrogen) atoms. The van der Waals surface area contributed by atoms with Crippen molar-refractivity contribution >= 4 is 27.5 Å². The zero-order chi connectivity index (χ0) is 17.8. The Morgan fingerprint density at radius 2 is 2.08 bits per heavy atom. The molecule has 0 aliphatic heterocycles. The van der Waals surface area contributed by atoms with Crippen LogP contribution in [0.5, 0.6) is 5.75 Å². The molecule has 0 atom stereocenters. The van der Waals surface area contributed by atoms with Gasteiger partial charge in [-0.1, -0.05) is 17.3 Å². The number of aromatic nitrogens is 1. The standard InChI is InChI=1S/C19H13N3O2S/c1-3-10-22-16-9-8-15(24-2)11-17(16)25-19(22)21-18(23)14-6-4-13(12-20)5-7-14/h1,4-9,11H,10H2,2H3. The van der Waals surface area contributed by atoms with E-state index in [2.05, 4.69) is 10.9 Å². The van der Waals surface area contributed by atoms with Gasteiger partial charge in [0.05, 0.1) is 35.5 Å². The maximum absolute atomic E-state index is 12.4. The zero-order valence-corrected chi connectivity index (χ0v) is 14.2. The minimum Gasteiger partial charge on any atom is -0.497 e. The number of nitrogens with zero attached hydrogens (tertiary/aromatic N) is 3. The molecule has 0 bridgehead atoms. The second-order valence-corrected chi connectivity index (χ2v) is 6.12. The van der Waals surface area contributed by atoms with Crippen LogP contribution in [0.2, 0.25) is 0 Å². The highest BCUT2D eigenvalue weighted by Crippen LogP contribution is 2.23. The molecule has 2 aromatic carbocycles. The molecule has 0 unspecified atom stereocenters. The van der Waals surface area contributed by atoms with Gasteiger partial charge in [-0.2, -0.15) is 10.3 Å². The van der Waals surface area contributed by atoms with Gasteiger partial charge in [0.15, 0.2) is 4.80 Å². The van der Waals surface area contributed by atoms with Crippen molar-refractivity contribution in [3.8, 4) is 24.2 Å². The molecule has 0 saturated heterocycles. The predicted molar refractivity (Wildman–Crippen MR) is 96.3 cm³/mol. The Kier molecular flexibility index (Phi) is 4.65. The number of carbonyl (C=O) groups excluding carboxylic acids is 1. The molecular weight excluding hydrogens is 334 g/mol. The van der Waals surface area contributed by atoms with Gasteiger partial charge in [0.25, 0.3) is 5.91 Å².